The number of nitrogens with one attached hydrogen (secondary N) is 1. The van der Waals surface area contributed by atoms with Crippen LogP contribution in [0.1, 0.15) is 15.9 Å². The van der Waals surface area contributed by atoms with Crippen LogP contribution in [0.4, 0.5) is 0 Å². The van der Waals surface area contributed by atoms with Gasteiger partial charge in [0.15, 0.2) is 0 Å². The van der Waals surface area contributed by atoms with Crippen molar-refractivity contribution in [3.05, 3.63) is 90.3 Å². The predicted molar refractivity (Wildman–Crippen MR) is 114 cm³/mol. The van der Waals surface area contributed by atoms with E-state index in [0.717, 1.165) is 23.3 Å². The van der Waals surface area contributed by atoms with Crippen molar-refractivity contribution < 1.29 is 9.53 Å². The van der Waals surface area contributed by atoms with Crippen LogP contribution in [0.5, 0.6) is 5.75 Å². The van der Waals surface area contributed by atoms with Gasteiger partial charge >= 0.3 is 0 Å². The molecule has 30 heavy (non-hydrogen) atoms. The monoisotopic (exact) mass is 399 g/mol. The van der Waals surface area contributed by atoms with E-state index in [-0.39, 0.29) is 5.91 Å². The summed E-state index contributed by atoms with van der Waals surface area (Å²) in [4.78, 5) is 12.9. The summed E-state index contributed by atoms with van der Waals surface area (Å²) in [5.74, 6) is 0.568. The third kappa shape index (κ3) is 4.35. The third-order valence-corrected chi connectivity index (χ3v) is 4.75. The average Bonchev–Trinajstić information content (AvgIpc) is 3.34. The van der Waals surface area contributed by atoms with Crippen LogP contribution < -0.4 is 10.1 Å². The Hall–Kier alpha value is -4.00. The zero-order valence-electron chi connectivity index (χ0n) is 16.5. The number of aromatic nitrogens is 4. The molecule has 1 aromatic heterocycles. The molecule has 150 valence electrons. The highest BCUT2D eigenvalue weighted by molar-refractivity contribution is 5.96. The quantitative estimate of drug-likeness (QED) is 0.516. The van der Waals surface area contributed by atoms with E-state index >= 15 is 0 Å². The molecule has 1 N–H and O–H groups in total. The molecule has 0 atom stereocenters. The highest BCUT2D eigenvalue weighted by Gasteiger charge is 2.13. The molecule has 0 saturated heterocycles. The minimum atomic E-state index is -0.156. The largest absolute Gasteiger partial charge is 0.496 e. The highest BCUT2D eigenvalue weighted by Crippen LogP contribution is 2.31. The molecule has 0 spiro atoms. The van der Waals surface area contributed by atoms with E-state index in [0.29, 0.717) is 17.8 Å². The molecule has 7 nitrogen and oxygen atoms in total. The van der Waals surface area contributed by atoms with Crippen LogP contribution in [0.25, 0.3) is 16.8 Å². The van der Waals surface area contributed by atoms with E-state index in [1.54, 1.807) is 13.2 Å². The van der Waals surface area contributed by atoms with Crippen molar-refractivity contribution in [2.75, 3.05) is 13.7 Å². The number of rotatable bonds is 7. The third-order valence-electron chi connectivity index (χ3n) is 4.75. The number of para-hydroxylation sites is 1. The van der Waals surface area contributed by atoms with Gasteiger partial charge < -0.3 is 10.1 Å². The highest BCUT2D eigenvalue weighted by atomic mass is 16.5. The van der Waals surface area contributed by atoms with Gasteiger partial charge in [0.2, 0.25) is 0 Å². The van der Waals surface area contributed by atoms with Crippen LogP contribution >= 0.6 is 0 Å². The topological polar surface area (TPSA) is 81.9 Å². The summed E-state index contributed by atoms with van der Waals surface area (Å²) >= 11 is 0. The molecule has 4 rings (SSSR count). The lowest BCUT2D eigenvalue weighted by Crippen LogP contribution is -2.25. The second kappa shape index (κ2) is 9.00. The van der Waals surface area contributed by atoms with Crippen LogP contribution in [-0.2, 0) is 6.42 Å². The first-order chi connectivity index (χ1) is 14.7. The maximum Gasteiger partial charge on any atom is 0.251 e. The van der Waals surface area contributed by atoms with Crippen LogP contribution in [0, 0.1) is 0 Å². The van der Waals surface area contributed by atoms with E-state index in [2.05, 4.69) is 20.8 Å². The first-order valence-electron chi connectivity index (χ1n) is 9.58. The van der Waals surface area contributed by atoms with Crippen molar-refractivity contribution in [1.82, 2.24) is 25.5 Å². The van der Waals surface area contributed by atoms with Crippen LogP contribution in [-0.4, -0.2) is 39.8 Å². The van der Waals surface area contributed by atoms with Crippen molar-refractivity contribution in [1.29, 1.82) is 0 Å². The van der Waals surface area contributed by atoms with Gasteiger partial charge in [-0.15, -0.1) is 5.10 Å². The second-order valence-corrected chi connectivity index (χ2v) is 6.71. The summed E-state index contributed by atoms with van der Waals surface area (Å²) in [5, 5.41) is 14.4. The molecule has 0 radical (unpaired) electrons. The second-order valence-electron chi connectivity index (χ2n) is 6.71. The van der Waals surface area contributed by atoms with Gasteiger partial charge in [-0.25, -0.2) is 4.68 Å². The summed E-state index contributed by atoms with van der Waals surface area (Å²) in [6.07, 6.45) is 2.26. The van der Waals surface area contributed by atoms with Gasteiger partial charge in [0, 0.05) is 17.7 Å². The summed E-state index contributed by atoms with van der Waals surface area (Å²) in [6, 6.07) is 23.3. The number of carbonyl (C=O) groups is 1. The minimum Gasteiger partial charge on any atom is -0.496 e. The van der Waals surface area contributed by atoms with Gasteiger partial charge in [-0.1, -0.05) is 48.5 Å². The van der Waals surface area contributed by atoms with Gasteiger partial charge in [0.25, 0.3) is 5.91 Å². The van der Waals surface area contributed by atoms with E-state index in [4.69, 9.17) is 4.74 Å². The molecule has 0 aliphatic carbocycles. The fourth-order valence-electron chi connectivity index (χ4n) is 3.26. The first-order valence-corrected chi connectivity index (χ1v) is 9.58. The Balaban J connectivity index is 1.63. The molecular formula is C23H21N5O2. The Morgan fingerprint density at radius 2 is 1.83 bits per heavy atom. The summed E-state index contributed by atoms with van der Waals surface area (Å²) in [6.45, 7) is 0.544. The number of methoxy groups -OCH3 is 1. The zero-order chi connectivity index (χ0) is 20.8. The summed E-state index contributed by atoms with van der Waals surface area (Å²) < 4.78 is 7.02. The number of carbonyl (C=O) groups excluding carboxylic acids is 1. The van der Waals surface area contributed by atoms with Crippen LogP contribution in [0.2, 0.25) is 0 Å². The number of hydrogen-bond donors (Lipinski definition) is 1. The number of hydrogen-bond acceptors (Lipinski definition) is 5. The van der Waals surface area contributed by atoms with E-state index in [9.17, 15) is 4.79 Å². The zero-order valence-corrected chi connectivity index (χ0v) is 16.5. The molecule has 0 aliphatic heterocycles. The number of nitrogens with zero attached hydrogens (tertiary/aromatic N) is 4. The van der Waals surface area contributed by atoms with E-state index < -0.39 is 0 Å². The van der Waals surface area contributed by atoms with Gasteiger partial charge in [0.05, 0.1) is 12.8 Å². The van der Waals surface area contributed by atoms with Crippen molar-refractivity contribution in [2.24, 2.45) is 0 Å². The Morgan fingerprint density at radius 3 is 2.60 bits per heavy atom. The minimum absolute atomic E-state index is 0.156. The maximum absolute atomic E-state index is 12.9. The Kier molecular flexibility index (Phi) is 5.80. The standard InChI is InChI=1S/C23H21N5O2/c1-30-22-10-6-5-9-21(22)18-13-19(15-20(14-18)28-16-25-26-27-28)23(29)24-12-11-17-7-3-2-4-8-17/h2-10,13-16H,11-12H2,1H3,(H,24,29). The molecule has 0 fully saturated rings. The Bertz CT molecular complexity index is 1130. The molecule has 1 amide bonds. The summed E-state index contributed by atoms with van der Waals surface area (Å²) in [7, 11) is 1.63. The molecule has 7 heteroatoms. The van der Waals surface area contributed by atoms with E-state index in [1.165, 1.54) is 16.6 Å². The van der Waals surface area contributed by atoms with Crippen LogP contribution in [0.3, 0.4) is 0 Å². The Morgan fingerprint density at radius 1 is 1.03 bits per heavy atom. The molecule has 4 aromatic rings. The van der Waals surface area contributed by atoms with Crippen molar-refractivity contribution in [3.8, 4) is 22.6 Å². The average molecular weight is 399 g/mol. The van der Waals surface area contributed by atoms with Crippen LogP contribution in [0.15, 0.2) is 79.1 Å². The lowest BCUT2D eigenvalue weighted by Gasteiger charge is -2.13. The number of benzene rings is 3. The fourth-order valence-corrected chi connectivity index (χ4v) is 3.26. The van der Waals surface area contributed by atoms with E-state index in [1.807, 2.05) is 66.7 Å². The van der Waals surface area contributed by atoms with Crippen molar-refractivity contribution in [2.45, 2.75) is 6.42 Å². The number of amides is 1. The molecule has 3 aromatic carbocycles. The summed E-state index contributed by atoms with van der Waals surface area (Å²) in [5.41, 5.74) is 4.12. The molecule has 0 saturated carbocycles. The fraction of sp³-hybridized carbons (Fsp3) is 0.130. The predicted octanol–water partition coefficient (Wildman–Crippen LogP) is 3.31. The van der Waals surface area contributed by atoms with Crippen molar-refractivity contribution in [3.63, 3.8) is 0 Å². The SMILES string of the molecule is COc1ccccc1-c1cc(C(=O)NCCc2ccccc2)cc(-n2cnnn2)c1. The van der Waals surface area contributed by atoms with Gasteiger partial charge in [-0.2, -0.15) is 0 Å². The first kappa shape index (κ1) is 19.3. The molecule has 1 heterocycles. The Labute approximate surface area is 174 Å². The normalized spacial score (nSPS) is 10.6. The lowest BCUT2D eigenvalue weighted by atomic mass is 10.0. The smallest absolute Gasteiger partial charge is 0.251 e. The molecule has 0 aliphatic rings. The number of ether oxygens (including phenoxy) is 1. The molecule has 0 bridgehead atoms. The number of tetrazole rings is 1. The molecular weight excluding hydrogens is 378 g/mol. The lowest BCUT2D eigenvalue weighted by molar-refractivity contribution is 0.0954. The van der Waals surface area contributed by atoms with Gasteiger partial charge in [-0.05, 0) is 52.2 Å². The maximum atomic E-state index is 12.9. The van der Waals surface area contributed by atoms with Crippen molar-refractivity contribution >= 4 is 5.91 Å². The van der Waals surface area contributed by atoms with Gasteiger partial charge in [0.1, 0.15) is 12.1 Å². The molecule has 0 unspecified atom stereocenters. The van der Waals surface area contributed by atoms with Gasteiger partial charge in [-0.3, -0.25) is 4.79 Å².